The Labute approximate surface area is 107 Å². The van der Waals surface area contributed by atoms with Gasteiger partial charge in [-0.05, 0) is 12.1 Å². The summed E-state index contributed by atoms with van der Waals surface area (Å²) in [6.07, 6.45) is 1.71. The normalized spacial score (nSPS) is 19.7. The van der Waals surface area contributed by atoms with E-state index in [1.165, 1.54) is 0 Å². The topological polar surface area (TPSA) is 45.7 Å². The zero-order valence-electron chi connectivity index (χ0n) is 11.1. The van der Waals surface area contributed by atoms with E-state index in [1.54, 1.807) is 11.8 Å². The summed E-state index contributed by atoms with van der Waals surface area (Å²) >= 11 is 0. The lowest BCUT2D eigenvalue weighted by Gasteiger charge is -2.32. The molecule has 1 fully saturated rings. The van der Waals surface area contributed by atoms with Crippen LogP contribution in [0.1, 0.15) is 18.7 Å². The molecule has 2 heterocycles. The number of anilines is 1. The fourth-order valence-corrected chi connectivity index (χ4v) is 1.97. The third kappa shape index (κ3) is 2.79. The molecule has 2 rings (SSSR count). The second-order valence-corrected chi connectivity index (χ2v) is 4.66. The van der Waals surface area contributed by atoms with Crippen LogP contribution in [0.15, 0.2) is 18.3 Å². The van der Waals surface area contributed by atoms with Crippen LogP contribution in [0.4, 0.5) is 5.69 Å². The Bertz CT molecular complexity index is 417. The van der Waals surface area contributed by atoms with Crippen molar-refractivity contribution in [3.05, 3.63) is 24.0 Å². The first kappa shape index (κ1) is 12.8. The predicted molar refractivity (Wildman–Crippen MR) is 69.5 cm³/mol. The van der Waals surface area contributed by atoms with E-state index in [4.69, 9.17) is 4.74 Å². The summed E-state index contributed by atoms with van der Waals surface area (Å²) in [5.74, 6) is 0.0909. The number of hydrogen-bond acceptors (Lipinski definition) is 4. The first-order valence-electron chi connectivity index (χ1n) is 6.08. The van der Waals surface area contributed by atoms with Gasteiger partial charge >= 0.3 is 0 Å². The van der Waals surface area contributed by atoms with Crippen LogP contribution in [0.3, 0.4) is 0 Å². The van der Waals surface area contributed by atoms with Gasteiger partial charge in [0.25, 0.3) is 0 Å². The highest BCUT2D eigenvalue weighted by Crippen LogP contribution is 2.22. The minimum absolute atomic E-state index is 0.0909. The van der Waals surface area contributed by atoms with E-state index in [1.807, 2.05) is 37.3 Å². The van der Waals surface area contributed by atoms with Crippen molar-refractivity contribution in [2.45, 2.75) is 13.0 Å². The molecule has 0 aromatic carbocycles. The molecule has 1 aliphatic heterocycles. The average Bonchev–Trinajstić information content (AvgIpc) is 2.39. The van der Waals surface area contributed by atoms with E-state index >= 15 is 0 Å². The Balaban J connectivity index is 2.09. The maximum Gasteiger partial charge on any atom is 0.219 e. The number of ether oxygens (including phenoxy) is 1. The van der Waals surface area contributed by atoms with Crippen molar-refractivity contribution in [3.63, 3.8) is 0 Å². The molecule has 98 valence electrons. The summed E-state index contributed by atoms with van der Waals surface area (Å²) in [6, 6.07) is 3.97. The molecule has 1 saturated heterocycles. The fraction of sp³-hybridized carbons (Fsp3) is 0.538. The molecule has 0 aliphatic carbocycles. The third-order valence-electron chi connectivity index (χ3n) is 3.13. The van der Waals surface area contributed by atoms with Gasteiger partial charge in [0.15, 0.2) is 0 Å². The maximum atomic E-state index is 11.4. The number of nitrogens with zero attached hydrogens (tertiary/aromatic N) is 3. The lowest BCUT2D eigenvalue weighted by atomic mass is 10.2. The Morgan fingerprint density at radius 1 is 1.50 bits per heavy atom. The van der Waals surface area contributed by atoms with Crippen molar-refractivity contribution < 1.29 is 9.53 Å². The molecule has 1 atom stereocenters. The van der Waals surface area contributed by atoms with Crippen LogP contribution in [-0.4, -0.2) is 49.6 Å². The van der Waals surface area contributed by atoms with Gasteiger partial charge in [-0.1, -0.05) is 0 Å². The van der Waals surface area contributed by atoms with Crippen molar-refractivity contribution in [2.75, 3.05) is 38.7 Å². The number of aromatic nitrogens is 1. The number of morpholine rings is 1. The number of pyridine rings is 1. The van der Waals surface area contributed by atoms with Crippen molar-refractivity contribution >= 4 is 11.6 Å². The van der Waals surface area contributed by atoms with Gasteiger partial charge in [-0.25, -0.2) is 0 Å². The Hall–Kier alpha value is -1.62. The molecule has 0 N–H and O–H groups in total. The number of carbonyl (C=O) groups is 1. The van der Waals surface area contributed by atoms with Gasteiger partial charge in [-0.3, -0.25) is 9.78 Å². The molecule has 1 aliphatic rings. The summed E-state index contributed by atoms with van der Waals surface area (Å²) < 4.78 is 5.67. The van der Waals surface area contributed by atoms with E-state index in [9.17, 15) is 4.79 Å². The summed E-state index contributed by atoms with van der Waals surface area (Å²) in [6.45, 7) is 3.41. The van der Waals surface area contributed by atoms with Crippen molar-refractivity contribution in [1.29, 1.82) is 0 Å². The second kappa shape index (κ2) is 5.35. The second-order valence-electron chi connectivity index (χ2n) is 4.66. The molecule has 1 aromatic heterocycles. The summed E-state index contributed by atoms with van der Waals surface area (Å²) in [5.41, 5.74) is 1.93. The molecule has 0 radical (unpaired) electrons. The Morgan fingerprint density at radius 3 is 2.83 bits per heavy atom. The van der Waals surface area contributed by atoms with E-state index in [2.05, 4.69) is 4.98 Å². The quantitative estimate of drug-likeness (QED) is 0.786. The molecule has 0 spiro atoms. The molecule has 1 amide bonds. The SMILES string of the molecule is CC(=O)N1CCOC(c2ccc(N(C)C)cn2)C1. The zero-order chi connectivity index (χ0) is 13.1. The highest BCUT2D eigenvalue weighted by atomic mass is 16.5. The molecule has 0 saturated carbocycles. The van der Waals surface area contributed by atoms with Gasteiger partial charge in [0, 0.05) is 27.6 Å². The monoisotopic (exact) mass is 249 g/mol. The highest BCUT2D eigenvalue weighted by Gasteiger charge is 2.24. The standard InChI is InChI=1S/C13H19N3O2/c1-10(17)16-6-7-18-13(9-16)12-5-4-11(8-14-12)15(2)3/h4-5,8,13H,6-7,9H2,1-3H3. The van der Waals surface area contributed by atoms with Crippen LogP contribution in [0.2, 0.25) is 0 Å². The minimum Gasteiger partial charge on any atom is -0.376 e. The summed E-state index contributed by atoms with van der Waals surface area (Å²) in [5, 5.41) is 0. The van der Waals surface area contributed by atoms with Gasteiger partial charge in [0.2, 0.25) is 5.91 Å². The number of hydrogen-bond donors (Lipinski definition) is 0. The van der Waals surface area contributed by atoms with Gasteiger partial charge in [-0.2, -0.15) is 0 Å². The first-order valence-corrected chi connectivity index (χ1v) is 6.08. The van der Waals surface area contributed by atoms with Crippen LogP contribution in [0.25, 0.3) is 0 Å². The molecular weight excluding hydrogens is 230 g/mol. The van der Waals surface area contributed by atoms with E-state index in [-0.39, 0.29) is 12.0 Å². The zero-order valence-corrected chi connectivity index (χ0v) is 11.1. The number of rotatable bonds is 2. The average molecular weight is 249 g/mol. The molecule has 1 unspecified atom stereocenters. The minimum atomic E-state index is -0.112. The molecular formula is C13H19N3O2. The Morgan fingerprint density at radius 2 is 2.28 bits per heavy atom. The summed E-state index contributed by atoms with van der Waals surface area (Å²) in [7, 11) is 3.95. The fourth-order valence-electron chi connectivity index (χ4n) is 1.97. The van der Waals surface area contributed by atoms with E-state index in [0.717, 1.165) is 11.4 Å². The largest absolute Gasteiger partial charge is 0.376 e. The summed E-state index contributed by atoms with van der Waals surface area (Å²) in [4.78, 5) is 19.6. The van der Waals surface area contributed by atoms with Gasteiger partial charge in [-0.15, -0.1) is 0 Å². The van der Waals surface area contributed by atoms with Crippen LogP contribution < -0.4 is 4.90 Å². The van der Waals surface area contributed by atoms with Gasteiger partial charge in [0.05, 0.1) is 30.7 Å². The van der Waals surface area contributed by atoms with Gasteiger partial charge < -0.3 is 14.5 Å². The lowest BCUT2D eigenvalue weighted by molar-refractivity contribution is -0.136. The highest BCUT2D eigenvalue weighted by molar-refractivity contribution is 5.73. The molecule has 1 aromatic rings. The maximum absolute atomic E-state index is 11.4. The van der Waals surface area contributed by atoms with E-state index in [0.29, 0.717) is 19.7 Å². The predicted octanol–water partition coefficient (Wildman–Crippen LogP) is 1.07. The van der Waals surface area contributed by atoms with E-state index < -0.39 is 0 Å². The number of amides is 1. The molecule has 5 nitrogen and oxygen atoms in total. The lowest BCUT2D eigenvalue weighted by Crippen LogP contribution is -2.41. The van der Waals surface area contributed by atoms with Crippen LogP contribution in [-0.2, 0) is 9.53 Å². The molecule has 18 heavy (non-hydrogen) atoms. The molecule has 5 heteroatoms. The Kier molecular flexibility index (Phi) is 3.81. The smallest absolute Gasteiger partial charge is 0.219 e. The molecule has 0 bridgehead atoms. The van der Waals surface area contributed by atoms with Crippen molar-refractivity contribution in [3.8, 4) is 0 Å². The van der Waals surface area contributed by atoms with Crippen molar-refractivity contribution in [1.82, 2.24) is 9.88 Å². The van der Waals surface area contributed by atoms with Gasteiger partial charge in [0.1, 0.15) is 6.10 Å². The van der Waals surface area contributed by atoms with Crippen molar-refractivity contribution in [2.24, 2.45) is 0 Å². The van der Waals surface area contributed by atoms with Crippen LogP contribution in [0.5, 0.6) is 0 Å². The number of carbonyl (C=O) groups excluding carboxylic acids is 1. The first-order chi connectivity index (χ1) is 8.58. The van der Waals surface area contributed by atoms with Crippen LogP contribution >= 0.6 is 0 Å². The van der Waals surface area contributed by atoms with Crippen LogP contribution in [0, 0.1) is 0 Å². The third-order valence-corrected chi connectivity index (χ3v) is 3.13.